The summed E-state index contributed by atoms with van der Waals surface area (Å²) >= 11 is 0. The Morgan fingerprint density at radius 3 is 0.810 bits per heavy atom. The Labute approximate surface area is 487 Å². The van der Waals surface area contributed by atoms with E-state index >= 15 is 0 Å². The SMILES string of the molecule is c1ccc(-c2ccccc2-c2ccc3c(c2)c2cc(-c4ccc(-c5nc6ccccc6nc5-c5ccc(-c6ccc7c(c6)c6cc(-c8ccccc8-c8ccccc8)ccc6n7-c6ccccc6)cc5)cc4)ccc2n3-c2ccccc2)cc1. The highest BCUT2D eigenvalue weighted by Gasteiger charge is 2.20. The molecule has 0 bridgehead atoms. The summed E-state index contributed by atoms with van der Waals surface area (Å²) in [6.07, 6.45) is 0. The Morgan fingerprint density at radius 2 is 0.452 bits per heavy atom. The van der Waals surface area contributed by atoms with Crippen LogP contribution < -0.4 is 0 Å². The van der Waals surface area contributed by atoms with Crippen molar-refractivity contribution >= 4 is 54.6 Å². The van der Waals surface area contributed by atoms with Crippen LogP contribution in [-0.2, 0) is 0 Å². The first-order valence-corrected chi connectivity index (χ1v) is 28.7. The normalized spacial score (nSPS) is 11.6. The van der Waals surface area contributed by atoms with Gasteiger partial charge in [0.2, 0.25) is 0 Å². The molecule has 3 heterocycles. The highest BCUT2D eigenvalue weighted by atomic mass is 15.0. The van der Waals surface area contributed by atoms with Gasteiger partial charge in [-0.2, -0.15) is 0 Å². The third kappa shape index (κ3) is 8.47. The molecule has 0 N–H and O–H groups in total. The van der Waals surface area contributed by atoms with E-state index in [0.717, 1.165) is 67.2 Å². The molecule has 3 aromatic heterocycles. The van der Waals surface area contributed by atoms with Gasteiger partial charge in [-0.3, -0.25) is 0 Å². The molecule has 0 aliphatic carbocycles. The lowest BCUT2D eigenvalue weighted by Gasteiger charge is -2.12. The van der Waals surface area contributed by atoms with Crippen molar-refractivity contribution in [3.8, 4) is 101 Å². The van der Waals surface area contributed by atoms with Gasteiger partial charge in [-0.1, -0.05) is 231 Å². The molecule has 16 aromatic rings. The molecule has 0 aliphatic heterocycles. The van der Waals surface area contributed by atoms with E-state index in [0.29, 0.717) is 0 Å². The van der Waals surface area contributed by atoms with Crippen LogP contribution in [0.15, 0.2) is 315 Å². The molecule has 13 aromatic carbocycles. The highest BCUT2D eigenvalue weighted by Crippen LogP contribution is 2.43. The van der Waals surface area contributed by atoms with Crippen molar-refractivity contribution in [3.63, 3.8) is 0 Å². The van der Waals surface area contributed by atoms with E-state index in [4.69, 9.17) is 9.97 Å². The molecule has 0 spiro atoms. The lowest BCUT2D eigenvalue weighted by Crippen LogP contribution is -1.95. The second-order valence-electron chi connectivity index (χ2n) is 21.7. The molecule has 392 valence electrons. The molecule has 0 unspecified atom stereocenters. The quantitative estimate of drug-likeness (QED) is 0.137. The number of hydrogen-bond acceptors (Lipinski definition) is 2. The number of nitrogens with zero attached hydrogens (tertiary/aromatic N) is 4. The van der Waals surface area contributed by atoms with Crippen LogP contribution in [-0.4, -0.2) is 19.1 Å². The third-order valence-corrected chi connectivity index (χ3v) is 16.8. The minimum absolute atomic E-state index is 0.845. The van der Waals surface area contributed by atoms with Gasteiger partial charge >= 0.3 is 0 Å². The molecule has 84 heavy (non-hydrogen) atoms. The van der Waals surface area contributed by atoms with E-state index in [-0.39, 0.29) is 0 Å². The molecule has 0 saturated heterocycles. The van der Waals surface area contributed by atoms with Crippen molar-refractivity contribution in [3.05, 3.63) is 315 Å². The molecule has 4 heteroatoms. The third-order valence-electron chi connectivity index (χ3n) is 16.8. The van der Waals surface area contributed by atoms with Crippen LogP contribution in [0.5, 0.6) is 0 Å². The average Bonchev–Trinajstić information content (AvgIpc) is 2.71. The minimum atomic E-state index is 0.845. The smallest absolute Gasteiger partial charge is 0.0973 e. The number of para-hydroxylation sites is 4. The molecule has 0 saturated carbocycles. The highest BCUT2D eigenvalue weighted by molar-refractivity contribution is 6.13. The van der Waals surface area contributed by atoms with Gasteiger partial charge in [-0.25, -0.2) is 9.97 Å². The van der Waals surface area contributed by atoms with E-state index < -0.39 is 0 Å². The van der Waals surface area contributed by atoms with Gasteiger partial charge in [-0.15, -0.1) is 0 Å². The summed E-state index contributed by atoms with van der Waals surface area (Å²) in [7, 11) is 0. The number of rotatable bonds is 10. The van der Waals surface area contributed by atoms with Crippen LogP contribution >= 0.6 is 0 Å². The Bertz CT molecular complexity index is 4810. The van der Waals surface area contributed by atoms with Gasteiger partial charge in [0.05, 0.1) is 44.5 Å². The predicted octanol–water partition coefficient (Wildman–Crippen LogP) is 21.2. The lowest BCUT2D eigenvalue weighted by molar-refractivity contribution is 1.18. The van der Waals surface area contributed by atoms with Crippen LogP contribution in [0, 0.1) is 0 Å². The molecule has 0 atom stereocenters. The first-order valence-electron chi connectivity index (χ1n) is 28.7. The van der Waals surface area contributed by atoms with Crippen molar-refractivity contribution in [1.82, 2.24) is 19.1 Å². The van der Waals surface area contributed by atoms with Crippen LogP contribution in [0.3, 0.4) is 0 Å². The largest absolute Gasteiger partial charge is 0.309 e. The predicted molar refractivity (Wildman–Crippen MR) is 352 cm³/mol. The summed E-state index contributed by atoms with van der Waals surface area (Å²) in [5.41, 5.74) is 26.5. The molecule has 0 amide bonds. The summed E-state index contributed by atoms with van der Waals surface area (Å²) in [5.74, 6) is 0. The second-order valence-corrected chi connectivity index (χ2v) is 21.7. The van der Waals surface area contributed by atoms with Crippen LogP contribution in [0.4, 0.5) is 0 Å². The zero-order valence-corrected chi connectivity index (χ0v) is 45.8. The maximum Gasteiger partial charge on any atom is 0.0973 e. The molecule has 0 radical (unpaired) electrons. The summed E-state index contributed by atoms with van der Waals surface area (Å²) < 4.78 is 4.79. The number of aromatic nitrogens is 4. The van der Waals surface area contributed by atoms with E-state index in [9.17, 15) is 0 Å². The van der Waals surface area contributed by atoms with Gasteiger partial charge in [-0.05, 0) is 152 Å². The van der Waals surface area contributed by atoms with E-state index in [1.54, 1.807) is 0 Å². The molecular weight excluding hydrogens is 1020 g/mol. The Morgan fingerprint density at radius 1 is 0.190 bits per heavy atom. The maximum atomic E-state index is 5.34. The van der Waals surface area contributed by atoms with E-state index in [1.807, 2.05) is 12.1 Å². The van der Waals surface area contributed by atoms with Gasteiger partial charge in [0.25, 0.3) is 0 Å². The maximum absolute atomic E-state index is 5.34. The molecular formula is C80H52N4. The molecule has 4 nitrogen and oxygen atoms in total. The lowest BCUT2D eigenvalue weighted by atomic mass is 9.93. The summed E-state index contributed by atoms with van der Waals surface area (Å²) in [4.78, 5) is 10.7. The number of benzene rings is 13. The van der Waals surface area contributed by atoms with Crippen LogP contribution in [0.25, 0.3) is 155 Å². The van der Waals surface area contributed by atoms with Gasteiger partial charge in [0, 0.05) is 44.0 Å². The van der Waals surface area contributed by atoms with E-state index in [1.165, 1.54) is 88.1 Å². The Balaban J connectivity index is 0.764. The summed E-state index contributed by atoms with van der Waals surface area (Å²) in [6, 6.07) is 114. The monoisotopic (exact) mass is 1070 g/mol. The number of hydrogen-bond donors (Lipinski definition) is 0. The van der Waals surface area contributed by atoms with Crippen molar-refractivity contribution in [2.45, 2.75) is 0 Å². The summed E-state index contributed by atoms with van der Waals surface area (Å²) in [5, 5.41) is 4.83. The van der Waals surface area contributed by atoms with Gasteiger partial charge in [0.15, 0.2) is 0 Å². The molecule has 0 aliphatic rings. The minimum Gasteiger partial charge on any atom is -0.309 e. The van der Waals surface area contributed by atoms with E-state index in [2.05, 4.69) is 312 Å². The zero-order valence-electron chi connectivity index (χ0n) is 45.8. The summed E-state index contributed by atoms with van der Waals surface area (Å²) in [6.45, 7) is 0. The van der Waals surface area contributed by atoms with Crippen LogP contribution in [0.2, 0.25) is 0 Å². The Kier molecular flexibility index (Phi) is 11.8. The fourth-order valence-electron chi connectivity index (χ4n) is 12.7. The van der Waals surface area contributed by atoms with Crippen molar-refractivity contribution in [1.29, 1.82) is 0 Å². The van der Waals surface area contributed by atoms with Crippen molar-refractivity contribution < 1.29 is 0 Å². The van der Waals surface area contributed by atoms with Gasteiger partial charge < -0.3 is 9.13 Å². The van der Waals surface area contributed by atoms with Crippen molar-refractivity contribution in [2.75, 3.05) is 0 Å². The molecule has 0 fully saturated rings. The molecule has 16 rings (SSSR count). The first kappa shape index (κ1) is 48.7. The topological polar surface area (TPSA) is 35.6 Å². The first-order chi connectivity index (χ1) is 41.6. The van der Waals surface area contributed by atoms with Gasteiger partial charge in [0.1, 0.15) is 0 Å². The Hall–Kier alpha value is -11.2. The van der Waals surface area contributed by atoms with Crippen LogP contribution in [0.1, 0.15) is 0 Å². The second kappa shape index (κ2) is 20.4. The number of fused-ring (bicyclic) bond motifs is 7. The average molecular weight is 1070 g/mol. The standard InChI is InChI=1S/C80H52N4/c1-5-19-55(20-6-1)65-27-13-15-29-67(65)61-43-47-77-71(51-61)69-49-59(41-45-75(69)83(77)63-23-9-3-10-24-63)53-33-37-57(38-34-53)79-80(82-74-32-18-17-31-73(74)81-79)58-39-35-54(36-40-58)60-42-46-76-70(50-60)72-52-62(44-48-78(72)84(76)64-25-11-4-12-26-64)68-30-16-14-28-66(68)56-21-7-2-8-22-56/h1-52H. The fraction of sp³-hybridized carbons (Fsp3) is 0. The zero-order chi connectivity index (χ0) is 55.5. The van der Waals surface area contributed by atoms with Crippen molar-refractivity contribution in [2.24, 2.45) is 0 Å². The fourth-order valence-corrected chi connectivity index (χ4v) is 12.7.